The van der Waals surface area contributed by atoms with E-state index in [4.69, 9.17) is 0 Å². The second-order valence-electron chi connectivity index (χ2n) is 9.50. The van der Waals surface area contributed by atoms with Crippen LogP contribution in [0.1, 0.15) is 89.0 Å². The Balaban J connectivity index is 1.36. The maximum Gasteiger partial charge on any atom is 0.195 e. The number of benzene rings is 2. The molecule has 2 fully saturated rings. The van der Waals surface area contributed by atoms with Gasteiger partial charge >= 0.3 is 0 Å². The molecule has 0 aromatic heterocycles. The van der Waals surface area contributed by atoms with E-state index in [-0.39, 0.29) is 5.39 Å². The van der Waals surface area contributed by atoms with Crippen LogP contribution in [0.2, 0.25) is 0 Å². The van der Waals surface area contributed by atoms with Crippen molar-refractivity contribution in [3.05, 3.63) is 47.3 Å². The van der Waals surface area contributed by atoms with E-state index in [0.717, 1.165) is 42.2 Å². The van der Waals surface area contributed by atoms with Crippen LogP contribution in [0.25, 0.3) is 10.8 Å². The van der Waals surface area contributed by atoms with E-state index >= 15 is 0 Å². The predicted octanol–water partition coefficient (Wildman–Crippen LogP) is 8.53. The SMILES string of the molecule is CCCCC1CCC(C2CCC(c3ccc4c(F)c(F)c(F)cc4c3)CC2)CC1. The molecule has 2 aliphatic carbocycles. The first-order chi connectivity index (χ1) is 14.1. The van der Waals surface area contributed by atoms with Crippen molar-refractivity contribution in [2.45, 2.75) is 83.5 Å². The third-order valence-corrected chi connectivity index (χ3v) is 7.76. The molecule has 0 nitrogen and oxygen atoms in total. The van der Waals surface area contributed by atoms with E-state index in [9.17, 15) is 13.2 Å². The number of hydrogen-bond donors (Lipinski definition) is 0. The fraction of sp³-hybridized carbons (Fsp3) is 0.615. The molecule has 0 saturated heterocycles. The van der Waals surface area contributed by atoms with Gasteiger partial charge in [-0.05, 0) is 79.2 Å². The molecule has 0 radical (unpaired) electrons. The summed E-state index contributed by atoms with van der Waals surface area (Å²) in [4.78, 5) is 0. The van der Waals surface area contributed by atoms with Crippen LogP contribution in [0.15, 0.2) is 24.3 Å². The molecule has 0 bridgehead atoms. The molecular formula is C26H33F3. The Morgan fingerprint density at radius 1 is 0.793 bits per heavy atom. The molecular weight excluding hydrogens is 369 g/mol. The maximum absolute atomic E-state index is 14.0. The second kappa shape index (κ2) is 9.10. The number of fused-ring (bicyclic) bond motifs is 1. The number of hydrogen-bond acceptors (Lipinski definition) is 0. The molecule has 0 atom stereocenters. The molecule has 0 unspecified atom stereocenters. The Morgan fingerprint density at radius 3 is 2.10 bits per heavy atom. The summed E-state index contributed by atoms with van der Waals surface area (Å²) >= 11 is 0. The van der Waals surface area contributed by atoms with Crippen LogP contribution in [0, 0.1) is 35.2 Å². The zero-order valence-corrected chi connectivity index (χ0v) is 17.5. The molecule has 0 amide bonds. The topological polar surface area (TPSA) is 0 Å². The fourth-order valence-electron chi connectivity index (χ4n) is 5.94. The summed E-state index contributed by atoms with van der Waals surface area (Å²) in [6, 6.07) is 6.52. The van der Waals surface area contributed by atoms with Gasteiger partial charge in [0.05, 0.1) is 0 Å². The van der Waals surface area contributed by atoms with E-state index in [2.05, 4.69) is 6.92 Å². The average molecular weight is 403 g/mol. The summed E-state index contributed by atoms with van der Waals surface area (Å²) in [7, 11) is 0. The molecule has 0 spiro atoms. The zero-order chi connectivity index (χ0) is 20.4. The first kappa shape index (κ1) is 20.8. The van der Waals surface area contributed by atoms with Crippen LogP contribution < -0.4 is 0 Å². The van der Waals surface area contributed by atoms with Gasteiger partial charge in [0, 0.05) is 5.39 Å². The summed E-state index contributed by atoms with van der Waals surface area (Å²) in [6.07, 6.45) is 14.6. The number of rotatable bonds is 5. The number of halogens is 3. The zero-order valence-electron chi connectivity index (χ0n) is 17.5. The van der Waals surface area contributed by atoms with Gasteiger partial charge in [0.2, 0.25) is 0 Å². The molecule has 158 valence electrons. The van der Waals surface area contributed by atoms with Gasteiger partial charge in [-0.3, -0.25) is 0 Å². The first-order valence-electron chi connectivity index (χ1n) is 11.6. The third kappa shape index (κ3) is 4.49. The smallest absolute Gasteiger partial charge is 0.195 e. The van der Waals surface area contributed by atoms with Gasteiger partial charge < -0.3 is 0 Å². The van der Waals surface area contributed by atoms with E-state index in [1.807, 2.05) is 12.1 Å². The molecule has 4 rings (SSSR count). The van der Waals surface area contributed by atoms with Crippen molar-refractivity contribution in [1.29, 1.82) is 0 Å². The highest BCUT2D eigenvalue weighted by Gasteiger charge is 2.31. The van der Waals surface area contributed by atoms with E-state index in [1.54, 1.807) is 6.07 Å². The largest absolute Gasteiger partial charge is 0.204 e. The van der Waals surface area contributed by atoms with Crippen molar-refractivity contribution in [2.75, 3.05) is 0 Å². The van der Waals surface area contributed by atoms with Gasteiger partial charge in [-0.2, -0.15) is 0 Å². The molecule has 29 heavy (non-hydrogen) atoms. The minimum atomic E-state index is -1.38. The summed E-state index contributed by atoms with van der Waals surface area (Å²) < 4.78 is 41.1. The van der Waals surface area contributed by atoms with Crippen molar-refractivity contribution < 1.29 is 13.2 Å². The summed E-state index contributed by atoms with van der Waals surface area (Å²) in [6.45, 7) is 2.28. The van der Waals surface area contributed by atoms with Crippen LogP contribution in [0.5, 0.6) is 0 Å². The minimum Gasteiger partial charge on any atom is -0.204 e. The highest BCUT2D eigenvalue weighted by atomic mass is 19.2. The Kier molecular flexibility index (Phi) is 6.51. The van der Waals surface area contributed by atoms with Gasteiger partial charge in [-0.25, -0.2) is 13.2 Å². The predicted molar refractivity (Wildman–Crippen MR) is 113 cm³/mol. The van der Waals surface area contributed by atoms with Crippen molar-refractivity contribution >= 4 is 10.8 Å². The highest BCUT2D eigenvalue weighted by molar-refractivity contribution is 5.84. The van der Waals surface area contributed by atoms with E-state index in [0.29, 0.717) is 11.3 Å². The normalized spacial score (nSPS) is 28.0. The standard InChI is InChI=1S/C26H33F3/c1-2-3-4-17-5-7-18(8-6-17)19-9-11-20(12-10-19)21-13-14-23-22(15-21)16-24(27)26(29)25(23)28/h13-20H,2-12H2,1H3. The van der Waals surface area contributed by atoms with Crippen molar-refractivity contribution in [2.24, 2.45) is 17.8 Å². The number of unbranched alkanes of at least 4 members (excludes halogenated alkanes) is 1. The summed E-state index contributed by atoms with van der Waals surface area (Å²) in [5, 5.41) is 0.632. The summed E-state index contributed by atoms with van der Waals surface area (Å²) in [5.41, 5.74) is 1.14. The van der Waals surface area contributed by atoms with Gasteiger partial charge in [-0.15, -0.1) is 0 Å². The summed E-state index contributed by atoms with van der Waals surface area (Å²) in [5.74, 6) is -0.400. The lowest BCUT2D eigenvalue weighted by molar-refractivity contribution is 0.156. The molecule has 0 heterocycles. The Bertz CT molecular complexity index is 827. The van der Waals surface area contributed by atoms with Crippen LogP contribution in [0.4, 0.5) is 13.2 Å². The Labute approximate surface area is 172 Å². The van der Waals surface area contributed by atoms with Gasteiger partial charge in [0.15, 0.2) is 17.5 Å². The highest BCUT2D eigenvalue weighted by Crippen LogP contribution is 2.45. The van der Waals surface area contributed by atoms with Crippen LogP contribution in [0.3, 0.4) is 0 Å². The monoisotopic (exact) mass is 402 g/mol. The van der Waals surface area contributed by atoms with Crippen LogP contribution >= 0.6 is 0 Å². The molecule has 3 heteroatoms. The van der Waals surface area contributed by atoms with E-state index < -0.39 is 17.5 Å². The van der Waals surface area contributed by atoms with Gasteiger partial charge in [0.1, 0.15) is 0 Å². The molecule has 2 aromatic carbocycles. The van der Waals surface area contributed by atoms with Crippen LogP contribution in [-0.4, -0.2) is 0 Å². The molecule has 2 saturated carbocycles. The third-order valence-electron chi connectivity index (χ3n) is 7.76. The Morgan fingerprint density at radius 2 is 1.45 bits per heavy atom. The quantitative estimate of drug-likeness (QED) is 0.440. The van der Waals surface area contributed by atoms with Crippen molar-refractivity contribution in [3.63, 3.8) is 0 Å². The fourth-order valence-corrected chi connectivity index (χ4v) is 5.94. The minimum absolute atomic E-state index is 0.168. The lowest BCUT2D eigenvalue weighted by Gasteiger charge is -2.38. The molecule has 0 aliphatic heterocycles. The average Bonchev–Trinajstić information content (AvgIpc) is 2.76. The Hall–Kier alpha value is -1.51. The van der Waals surface area contributed by atoms with Gasteiger partial charge in [0.25, 0.3) is 0 Å². The maximum atomic E-state index is 14.0. The van der Waals surface area contributed by atoms with E-state index in [1.165, 1.54) is 57.8 Å². The van der Waals surface area contributed by atoms with Crippen molar-refractivity contribution in [1.82, 2.24) is 0 Å². The molecule has 2 aromatic rings. The molecule has 2 aliphatic rings. The lowest BCUT2D eigenvalue weighted by Crippen LogP contribution is -2.25. The first-order valence-corrected chi connectivity index (χ1v) is 11.6. The lowest BCUT2D eigenvalue weighted by atomic mass is 9.68. The van der Waals surface area contributed by atoms with Gasteiger partial charge in [-0.1, -0.05) is 57.2 Å². The van der Waals surface area contributed by atoms with Crippen molar-refractivity contribution in [3.8, 4) is 0 Å². The van der Waals surface area contributed by atoms with Crippen LogP contribution in [-0.2, 0) is 0 Å². The second-order valence-corrected chi connectivity index (χ2v) is 9.50. The molecule has 0 N–H and O–H groups in total.